The number of carbonyl (C=O) groups excluding carboxylic acids is 1. The zero-order valence-electron chi connectivity index (χ0n) is 18.3. The number of para-hydroxylation sites is 1. The number of amides is 1. The second-order valence-electron chi connectivity index (χ2n) is 8.37. The molecule has 0 saturated carbocycles. The molecule has 0 aliphatic carbocycles. The van der Waals surface area contributed by atoms with Crippen LogP contribution in [0.5, 0.6) is 5.88 Å². The molecule has 3 rings (SSSR count). The van der Waals surface area contributed by atoms with Gasteiger partial charge >= 0.3 is 13.4 Å². The Kier molecular flexibility index (Phi) is 6.43. The third-order valence-electron chi connectivity index (χ3n) is 5.03. The highest BCUT2D eigenvalue weighted by Crippen LogP contribution is 2.34. The van der Waals surface area contributed by atoms with E-state index in [0.717, 1.165) is 35.3 Å². The Balaban J connectivity index is 2.07. The summed E-state index contributed by atoms with van der Waals surface area (Å²) in [6.45, 7) is 10.3. The molecule has 2 heterocycles. The average molecular weight is 415 g/mol. The Labute approximate surface area is 177 Å². The van der Waals surface area contributed by atoms with Crippen LogP contribution in [0.3, 0.4) is 0 Å². The van der Waals surface area contributed by atoms with Gasteiger partial charge in [0.25, 0.3) is 0 Å². The smallest absolute Gasteiger partial charge is 0.497 e. The van der Waals surface area contributed by atoms with E-state index in [0.29, 0.717) is 18.5 Å². The van der Waals surface area contributed by atoms with Crippen molar-refractivity contribution in [3.63, 3.8) is 0 Å². The number of benzene rings is 1. The van der Waals surface area contributed by atoms with Crippen LogP contribution in [0.2, 0.25) is 0 Å². The summed E-state index contributed by atoms with van der Waals surface area (Å²) in [4.78, 5) is 14.2. The van der Waals surface area contributed by atoms with Gasteiger partial charge in [-0.2, -0.15) is 5.10 Å². The lowest BCUT2D eigenvalue weighted by Gasteiger charge is -2.29. The largest absolute Gasteiger partial charge is 0.708 e. The molecule has 0 saturated heterocycles. The van der Waals surface area contributed by atoms with E-state index in [2.05, 4.69) is 13.8 Å². The summed E-state index contributed by atoms with van der Waals surface area (Å²) in [6.07, 6.45) is 1.69. The molecule has 1 aliphatic rings. The third-order valence-corrected chi connectivity index (χ3v) is 5.03. The van der Waals surface area contributed by atoms with Crippen molar-refractivity contribution >= 4 is 13.4 Å². The number of rotatable bonds is 5. The van der Waals surface area contributed by atoms with E-state index in [1.165, 1.54) is 0 Å². The first-order valence-electron chi connectivity index (χ1n) is 10.4. The van der Waals surface area contributed by atoms with Gasteiger partial charge in [0.2, 0.25) is 5.88 Å². The third kappa shape index (κ3) is 4.62. The Morgan fingerprint density at radius 1 is 1.20 bits per heavy atom. The molecule has 30 heavy (non-hydrogen) atoms. The van der Waals surface area contributed by atoms with Gasteiger partial charge in [-0.25, -0.2) is 9.48 Å². The van der Waals surface area contributed by atoms with Crippen LogP contribution < -0.4 is 4.65 Å². The van der Waals surface area contributed by atoms with Gasteiger partial charge in [-0.1, -0.05) is 32.0 Å². The van der Waals surface area contributed by atoms with E-state index in [9.17, 15) is 14.8 Å². The fourth-order valence-electron chi connectivity index (χ4n) is 3.69. The number of hydrogen-bond acceptors (Lipinski definition) is 6. The summed E-state index contributed by atoms with van der Waals surface area (Å²) in [5.41, 5.74) is 3.88. The minimum Gasteiger partial charge on any atom is -0.497 e. The average Bonchev–Trinajstić information content (AvgIpc) is 3.02. The lowest BCUT2D eigenvalue weighted by Crippen LogP contribution is -2.40. The highest BCUT2D eigenvalue weighted by molar-refractivity contribution is 6.33. The molecule has 8 nitrogen and oxygen atoms in total. The molecular weight excluding hydrogens is 385 g/mol. The molecule has 0 radical (unpaired) electrons. The zero-order valence-corrected chi connectivity index (χ0v) is 18.3. The maximum absolute atomic E-state index is 12.6. The highest BCUT2D eigenvalue weighted by atomic mass is 16.6. The maximum atomic E-state index is 12.6. The van der Waals surface area contributed by atoms with Crippen molar-refractivity contribution in [2.45, 2.75) is 66.0 Å². The summed E-state index contributed by atoms with van der Waals surface area (Å²) < 4.78 is 12.5. The minimum absolute atomic E-state index is 0.224. The molecule has 0 atom stereocenters. The van der Waals surface area contributed by atoms with Gasteiger partial charge in [0.15, 0.2) is 0 Å². The van der Waals surface area contributed by atoms with Crippen molar-refractivity contribution in [2.24, 2.45) is 0 Å². The van der Waals surface area contributed by atoms with Crippen LogP contribution >= 0.6 is 0 Å². The lowest BCUT2D eigenvalue weighted by atomic mass is 10.0. The molecule has 1 aliphatic heterocycles. The Morgan fingerprint density at radius 3 is 2.37 bits per heavy atom. The van der Waals surface area contributed by atoms with Crippen LogP contribution in [0.1, 0.15) is 57.0 Å². The standard InChI is InChI=1S/C21H30BN3O5/c1-6-14-9-8-10-15(7-2)18(14)25-19(30-22(27)28)16-13-24(12-11-17(16)23-25)20(26)29-21(3,4)5/h8-10,27-28H,6-7,11-13H2,1-5H3. The maximum Gasteiger partial charge on any atom is 0.708 e. The van der Waals surface area contributed by atoms with Crippen LogP contribution in [0, 0.1) is 0 Å². The van der Waals surface area contributed by atoms with Crippen molar-refractivity contribution in [2.75, 3.05) is 6.54 Å². The molecule has 162 valence electrons. The van der Waals surface area contributed by atoms with Crippen LogP contribution in [0.15, 0.2) is 18.2 Å². The Morgan fingerprint density at radius 2 is 1.83 bits per heavy atom. The number of fused-ring (bicyclic) bond motifs is 1. The first-order chi connectivity index (χ1) is 14.1. The molecule has 2 aromatic rings. The van der Waals surface area contributed by atoms with Gasteiger partial charge in [-0.05, 0) is 44.7 Å². The van der Waals surface area contributed by atoms with Crippen molar-refractivity contribution in [3.05, 3.63) is 40.6 Å². The molecular formula is C21H30BN3O5. The molecule has 2 N–H and O–H groups in total. The van der Waals surface area contributed by atoms with Gasteiger partial charge in [0, 0.05) is 13.0 Å². The first-order valence-corrected chi connectivity index (χ1v) is 10.4. The van der Waals surface area contributed by atoms with Crippen LogP contribution in [0.25, 0.3) is 5.69 Å². The van der Waals surface area contributed by atoms with Crippen LogP contribution in [0.4, 0.5) is 4.79 Å². The summed E-state index contributed by atoms with van der Waals surface area (Å²) >= 11 is 0. The predicted octanol–water partition coefficient (Wildman–Crippen LogP) is 2.64. The van der Waals surface area contributed by atoms with E-state index < -0.39 is 19.0 Å². The van der Waals surface area contributed by atoms with Crippen molar-refractivity contribution in [1.29, 1.82) is 0 Å². The Hall–Kier alpha value is -2.52. The first kappa shape index (κ1) is 22.2. The van der Waals surface area contributed by atoms with E-state index >= 15 is 0 Å². The second-order valence-corrected chi connectivity index (χ2v) is 8.37. The predicted molar refractivity (Wildman–Crippen MR) is 113 cm³/mol. The van der Waals surface area contributed by atoms with Crippen LogP contribution in [-0.2, 0) is 30.5 Å². The number of aryl methyl sites for hydroxylation is 2. The molecule has 0 bridgehead atoms. The molecule has 0 fully saturated rings. The van der Waals surface area contributed by atoms with Gasteiger partial charge in [0.05, 0.1) is 23.5 Å². The lowest BCUT2D eigenvalue weighted by molar-refractivity contribution is 0.0223. The molecule has 1 aromatic carbocycles. The minimum atomic E-state index is -2.00. The number of aromatic nitrogens is 2. The van der Waals surface area contributed by atoms with E-state index in [1.54, 1.807) is 9.58 Å². The number of hydrogen-bond donors (Lipinski definition) is 2. The fraction of sp³-hybridized carbons (Fsp3) is 0.524. The normalized spacial score (nSPS) is 13.8. The topological polar surface area (TPSA) is 97.0 Å². The second kappa shape index (κ2) is 8.69. The molecule has 0 unspecified atom stereocenters. The molecule has 1 amide bonds. The summed E-state index contributed by atoms with van der Waals surface area (Å²) in [7, 11) is -2.00. The summed E-state index contributed by atoms with van der Waals surface area (Å²) in [5.74, 6) is 0.240. The quantitative estimate of drug-likeness (QED) is 0.729. The highest BCUT2D eigenvalue weighted by Gasteiger charge is 2.33. The molecule has 0 spiro atoms. The number of carbonyl (C=O) groups is 1. The van der Waals surface area contributed by atoms with Crippen LogP contribution in [-0.4, -0.2) is 50.3 Å². The van der Waals surface area contributed by atoms with Crippen molar-refractivity contribution in [1.82, 2.24) is 14.7 Å². The van der Waals surface area contributed by atoms with Crippen molar-refractivity contribution in [3.8, 4) is 11.6 Å². The van der Waals surface area contributed by atoms with Gasteiger partial charge < -0.3 is 24.3 Å². The molecule has 9 heteroatoms. The number of ether oxygens (including phenoxy) is 1. The SMILES string of the molecule is CCc1cccc(CC)c1-n1nc2c(c1OB(O)O)CN(C(=O)OC(C)(C)C)CC2. The van der Waals surface area contributed by atoms with E-state index in [-0.39, 0.29) is 12.4 Å². The van der Waals surface area contributed by atoms with E-state index in [4.69, 9.17) is 14.5 Å². The van der Waals surface area contributed by atoms with Gasteiger partial charge in [-0.15, -0.1) is 0 Å². The van der Waals surface area contributed by atoms with Gasteiger partial charge in [0.1, 0.15) is 5.60 Å². The molecule has 1 aromatic heterocycles. The summed E-state index contributed by atoms with van der Waals surface area (Å²) in [5, 5.41) is 23.9. The monoisotopic (exact) mass is 415 g/mol. The van der Waals surface area contributed by atoms with Gasteiger partial charge in [-0.3, -0.25) is 0 Å². The zero-order chi connectivity index (χ0) is 22.1. The Bertz CT molecular complexity index is 898. The van der Waals surface area contributed by atoms with Crippen molar-refractivity contribution < 1.29 is 24.2 Å². The fourth-order valence-corrected chi connectivity index (χ4v) is 3.69. The number of nitrogens with zero attached hydrogens (tertiary/aromatic N) is 3. The van der Waals surface area contributed by atoms with E-state index in [1.807, 2.05) is 39.0 Å². The summed E-state index contributed by atoms with van der Waals surface area (Å²) in [6, 6.07) is 6.07.